The van der Waals surface area contributed by atoms with Crippen molar-refractivity contribution in [3.8, 4) is 0 Å². The minimum atomic E-state index is -0.293. The van der Waals surface area contributed by atoms with Crippen LogP contribution < -0.4 is 15.5 Å². The lowest BCUT2D eigenvalue weighted by atomic mass is 10.2. The monoisotopic (exact) mass is 291 g/mol. The van der Waals surface area contributed by atoms with Gasteiger partial charge in [-0.15, -0.1) is 0 Å². The van der Waals surface area contributed by atoms with Crippen LogP contribution in [0.3, 0.4) is 0 Å². The summed E-state index contributed by atoms with van der Waals surface area (Å²) in [6, 6.07) is 0. The number of ether oxygens (including phenoxy) is 2. The van der Waals surface area contributed by atoms with Crippen LogP contribution in [0.5, 0.6) is 0 Å². The molecule has 0 spiro atoms. The van der Waals surface area contributed by atoms with Crippen LogP contribution in [0.15, 0.2) is 12.7 Å². The van der Waals surface area contributed by atoms with Crippen molar-refractivity contribution in [2.45, 2.75) is 20.0 Å². The molecule has 1 atom stereocenters. The van der Waals surface area contributed by atoms with Gasteiger partial charge in [-0.3, -0.25) is 9.89 Å². The maximum atomic E-state index is 10.9. The summed E-state index contributed by atoms with van der Waals surface area (Å²) in [5.74, 6) is 0.582. The second kappa shape index (κ2) is 7.08. The average molecular weight is 291 g/mol. The fraction of sp³-hybridized carbons (Fsp3) is 0.467. The van der Waals surface area contributed by atoms with Crippen molar-refractivity contribution in [3.63, 3.8) is 0 Å². The summed E-state index contributed by atoms with van der Waals surface area (Å²) >= 11 is 0. The number of H-pyrrole nitrogens is 1. The summed E-state index contributed by atoms with van der Waals surface area (Å²) in [4.78, 5) is 13.0. The molecule has 0 aliphatic carbocycles. The molecule has 1 unspecified atom stereocenters. The molecule has 21 heavy (non-hydrogen) atoms. The van der Waals surface area contributed by atoms with Crippen molar-refractivity contribution in [1.82, 2.24) is 10.2 Å². The predicted molar refractivity (Wildman–Crippen MR) is 81.2 cm³/mol. The van der Waals surface area contributed by atoms with E-state index in [-0.39, 0.29) is 18.7 Å². The van der Waals surface area contributed by atoms with Gasteiger partial charge >= 0.3 is 5.97 Å². The highest BCUT2D eigenvalue weighted by atomic mass is 16.6. The molecule has 0 bridgehead atoms. The topological polar surface area (TPSA) is 67.5 Å². The Kier molecular flexibility index (Phi) is 5.16. The number of anilines is 1. The number of rotatable bonds is 4. The third kappa shape index (κ3) is 3.72. The van der Waals surface area contributed by atoms with Gasteiger partial charge in [0.2, 0.25) is 0 Å². The van der Waals surface area contributed by atoms with Crippen molar-refractivity contribution in [2.75, 3.05) is 31.2 Å². The van der Waals surface area contributed by atoms with Gasteiger partial charge in [0.15, 0.2) is 5.82 Å². The van der Waals surface area contributed by atoms with E-state index in [1.807, 2.05) is 19.1 Å². The molecule has 2 rings (SSSR count). The molecular formula is C15H21N3O3. The number of hydrogen-bond acceptors (Lipinski definition) is 5. The van der Waals surface area contributed by atoms with E-state index >= 15 is 0 Å². The van der Waals surface area contributed by atoms with Gasteiger partial charge in [0, 0.05) is 25.2 Å². The zero-order valence-electron chi connectivity index (χ0n) is 12.5. The zero-order chi connectivity index (χ0) is 15.2. The predicted octanol–water partition coefficient (Wildman–Crippen LogP) is -0.0551. The van der Waals surface area contributed by atoms with E-state index in [1.54, 1.807) is 6.08 Å². The molecule has 1 aromatic heterocycles. The Morgan fingerprint density at radius 3 is 3.14 bits per heavy atom. The van der Waals surface area contributed by atoms with E-state index in [1.165, 1.54) is 6.92 Å². The van der Waals surface area contributed by atoms with Crippen LogP contribution in [0, 0.1) is 0 Å². The Bertz CT molecular complexity index is 621. The molecule has 1 aliphatic rings. The van der Waals surface area contributed by atoms with Crippen molar-refractivity contribution in [2.24, 2.45) is 0 Å². The summed E-state index contributed by atoms with van der Waals surface area (Å²) < 4.78 is 10.6. The Morgan fingerprint density at radius 1 is 1.67 bits per heavy atom. The van der Waals surface area contributed by atoms with E-state index < -0.39 is 0 Å². The number of carbonyl (C=O) groups is 1. The second-order valence-electron chi connectivity index (χ2n) is 4.81. The lowest BCUT2D eigenvalue weighted by molar-refractivity contribution is -0.145. The molecule has 1 fully saturated rings. The van der Waals surface area contributed by atoms with Crippen molar-refractivity contribution in [3.05, 3.63) is 23.2 Å². The number of carbonyl (C=O) groups excluding carboxylic acids is 1. The quantitative estimate of drug-likeness (QED) is 0.788. The Hall–Kier alpha value is -2.08. The van der Waals surface area contributed by atoms with Crippen molar-refractivity contribution >= 4 is 23.9 Å². The fourth-order valence-electron chi connectivity index (χ4n) is 2.32. The first-order valence-corrected chi connectivity index (χ1v) is 6.99. The van der Waals surface area contributed by atoms with Crippen LogP contribution in [0.2, 0.25) is 0 Å². The third-order valence-electron chi connectivity index (χ3n) is 3.30. The number of nitrogens with zero attached hydrogens (tertiary/aromatic N) is 2. The summed E-state index contributed by atoms with van der Waals surface area (Å²) in [6.45, 7) is 9.34. The van der Waals surface area contributed by atoms with Crippen LogP contribution in [-0.2, 0) is 14.3 Å². The summed E-state index contributed by atoms with van der Waals surface area (Å²) in [6.07, 6.45) is 5.52. The highest BCUT2D eigenvalue weighted by Crippen LogP contribution is 2.10. The minimum Gasteiger partial charge on any atom is -0.463 e. The zero-order valence-corrected chi connectivity index (χ0v) is 12.5. The van der Waals surface area contributed by atoms with Crippen molar-refractivity contribution < 1.29 is 14.3 Å². The van der Waals surface area contributed by atoms with Gasteiger partial charge in [-0.05, 0) is 13.0 Å². The molecule has 6 nitrogen and oxygen atoms in total. The van der Waals surface area contributed by atoms with Gasteiger partial charge in [0.25, 0.3) is 0 Å². The van der Waals surface area contributed by atoms with Crippen LogP contribution >= 0.6 is 0 Å². The lowest BCUT2D eigenvalue weighted by Crippen LogP contribution is -2.46. The second-order valence-corrected chi connectivity index (χ2v) is 4.81. The van der Waals surface area contributed by atoms with E-state index in [0.29, 0.717) is 13.2 Å². The molecule has 1 aliphatic heterocycles. The minimum absolute atomic E-state index is 0.134. The molecule has 1 aromatic rings. The van der Waals surface area contributed by atoms with E-state index in [0.717, 1.165) is 22.9 Å². The van der Waals surface area contributed by atoms with Gasteiger partial charge in [0.1, 0.15) is 12.7 Å². The fourth-order valence-corrected chi connectivity index (χ4v) is 2.32. The Balaban J connectivity index is 2.18. The number of hydrogen-bond donors (Lipinski definition) is 1. The Morgan fingerprint density at radius 2 is 2.48 bits per heavy atom. The molecule has 6 heteroatoms. The normalized spacial score (nSPS) is 20.7. The van der Waals surface area contributed by atoms with Gasteiger partial charge in [-0.25, -0.2) is 0 Å². The highest BCUT2D eigenvalue weighted by Gasteiger charge is 2.23. The van der Waals surface area contributed by atoms with Gasteiger partial charge in [-0.2, -0.15) is 5.10 Å². The summed E-state index contributed by atoms with van der Waals surface area (Å²) in [5, 5.41) is 9.39. The standard InChI is InChI=1S/C15H21N3O3/c1-4-6-13-14(5-2)16-17-15(13)18-7-8-20-12(9-18)10-21-11(3)19/h4-6,12,16H,1,7-10H2,2-3H3/b13-6+,14-5+. The van der Waals surface area contributed by atoms with Gasteiger partial charge < -0.3 is 14.4 Å². The number of nitrogens with one attached hydrogen (secondary N) is 1. The first-order chi connectivity index (χ1) is 10.2. The Labute approximate surface area is 123 Å². The molecular weight excluding hydrogens is 270 g/mol. The van der Waals surface area contributed by atoms with E-state index in [4.69, 9.17) is 9.47 Å². The van der Waals surface area contributed by atoms with Crippen LogP contribution in [0.4, 0.5) is 5.82 Å². The van der Waals surface area contributed by atoms with Crippen LogP contribution in [0.25, 0.3) is 12.2 Å². The number of esters is 1. The maximum absolute atomic E-state index is 10.9. The summed E-state index contributed by atoms with van der Waals surface area (Å²) in [7, 11) is 0. The average Bonchev–Trinajstić information content (AvgIpc) is 2.89. The van der Waals surface area contributed by atoms with Crippen LogP contribution in [-0.4, -0.2) is 48.6 Å². The lowest BCUT2D eigenvalue weighted by Gasteiger charge is -2.32. The highest BCUT2D eigenvalue weighted by molar-refractivity contribution is 5.65. The van der Waals surface area contributed by atoms with E-state index in [9.17, 15) is 4.79 Å². The third-order valence-corrected chi connectivity index (χ3v) is 3.30. The van der Waals surface area contributed by atoms with Gasteiger partial charge in [0.05, 0.1) is 12.0 Å². The number of aromatic amines is 1. The SMILES string of the molecule is C=C/C=c1/c(N2CCOC(COC(C)=O)C2)n[nH]/c1=C/C. The maximum Gasteiger partial charge on any atom is 0.302 e. The molecule has 0 amide bonds. The molecule has 0 radical (unpaired) electrons. The molecule has 1 N–H and O–H groups in total. The molecule has 2 heterocycles. The number of morpholine rings is 1. The molecule has 0 aromatic carbocycles. The largest absolute Gasteiger partial charge is 0.463 e. The number of aromatic nitrogens is 2. The molecule has 0 saturated carbocycles. The van der Waals surface area contributed by atoms with Crippen LogP contribution in [0.1, 0.15) is 13.8 Å². The van der Waals surface area contributed by atoms with E-state index in [2.05, 4.69) is 21.7 Å². The molecule has 114 valence electrons. The summed E-state index contributed by atoms with van der Waals surface area (Å²) in [5.41, 5.74) is 0. The van der Waals surface area contributed by atoms with Gasteiger partial charge in [-0.1, -0.05) is 18.7 Å². The first-order valence-electron chi connectivity index (χ1n) is 6.99. The number of allylic oxidation sites excluding steroid dienone is 1. The molecule has 1 saturated heterocycles. The van der Waals surface area contributed by atoms with Crippen molar-refractivity contribution in [1.29, 1.82) is 0 Å². The smallest absolute Gasteiger partial charge is 0.302 e. The first kappa shape index (κ1) is 15.3.